The van der Waals surface area contributed by atoms with Crippen molar-refractivity contribution in [1.82, 2.24) is 4.90 Å². The highest BCUT2D eigenvalue weighted by molar-refractivity contribution is 5.92. The lowest BCUT2D eigenvalue weighted by molar-refractivity contribution is 0.0754. The molecule has 0 aliphatic carbocycles. The zero-order valence-electron chi connectivity index (χ0n) is 16.3. The van der Waals surface area contributed by atoms with E-state index in [1.807, 2.05) is 18.2 Å². The Kier molecular flexibility index (Phi) is 5.62. The summed E-state index contributed by atoms with van der Waals surface area (Å²) in [4.78, 5) is 16.8. The molecule has 29 heavy (non-hydrogen) atoms. The minimum Gasteiger partial charge on any atom is -0.451 e. The first-order valence-corrected chi connectivity index (χ1v) is 9.64. The standard InChI is InChI=1S/C23H23FN2O3/c1-25(16-17-6-2-5-9-20(17)26-12-14-28-15-13-26)23(27)22-11-10-21(29-22)18-7-3-4-8-19(18)24/h2-11H,12-16H2,1H3. The van der Waals surface area contributed by atoms with Gasteiger partial charge in [-0.15, -0.1) is 0 Å². The van der Waals surface area contributed by atoms with Crippen molar-refractivity contribution in [3.05, 3.63) is 77.8 Å². The fourth-order valence-electron chi connectivity index (χ4n) is 3.53. The zero-order chi connectivity index (χ0) is 20.2. The molecule has 1 saturated heterocycles. The van der Waals surface area contributed by atoms with Gasteiger partial charge in [0.05, 0.1) is 18.8 Å². The molecule has 1 amide bonds. The van der Waals surface area contributed by atoms with Crippen LogP contribution in [-0.4, -0.2) is 44.2 Å². The Hall–Kier alpha value is -3.12. The van der Waals surface area contributed by atoms with E-state index in [1.165, 1.54) is 6.07 Å². The van der Waals surface area contributed by atoms with Gasteiger partial charge in [0.2, 0.25) is 0 Å². The summed E-state index contributed by atoms with van der Waals surface area (Å²) < 4.78 is 25.1. The van der Waals surface area contributed by atoms with Crippen LogP contribution in [0.25, 0.3) is 11.3 Å². The van der Waals surface area contributed by atoms with Crippen LogP contribution in [0.15, 0.2) is 65.1 Å². The number of anilines is 1. The van der Waals surface area contributed by atoms with E-state index < -0.39 is 0 Å². The maximum absolute atomic E-state index is 14.0. The van der Waals surface area contributed by atoms with E-state index in [2.05, 4.69) is 11.0 Å². The molecule has 3 aromatic rings. The molecule has 0 saturated carbocycles. The molecule has 0 unspecified atom stereocenters. The fourth-order valence-corrected chi connectivity index (χ4v) is 3.53. The van der Waals surface area contributed by atoms with Gasteiger partial charge in [-0.05, 0) is 35.9 Å². The van der Waals surface area contributed by atoms with Crippen LogP contribution < -0.4 is 4.90 Å². The van der Waals surface area contributed by atoms with Gasteiger partial charge in [-0.3, -0.25) is 4.79 Å². The van der Waals surface area contributed by atoms with Crippen molar-refractivity contribution in [2.45, 2.75) is 6.54 Å². The SMILES string of the molecule is CN(Cc1ccccc1N1CCOCC1)C(=O)c1ccc(-c2ccccc2F)o1. The highest BCUT2D eigenvalue weighted by Gasteiger charge is 2.20. The molecule has 0 radical (unpaired) electrons. The quantitative estimate of drug-likeness (QED) is 0.651. The van der Waals surface area contributed by atoms with Crippen molar-refractivity contribution in [2.24, 2.45) is 0 Å². The Morgan fingerprint density at radius 1 is 1.03 bits per heavy atom. The number of amides is 1. The van der Waals surface area contributed by atoms with Gasteiger partial charge < -0.3 is 19.0 Å². The molecule has 0 spiro atoms. The van der Waals surface area contributed by atoms with E-state index >= 15 is 0 Å². The zero-order valence-corrected chi connectivity index (χ0v) is 16.3. The summed E-state index contributed by atoms with van der Waals surface area (Å²) >= 11 is 0. The molecule has 6 heteroatoms. The molecule has 1 fully saturated rings. The number of hydrogen-bond donors (Lipinski definition) is 0. The Morgan fingerprint density at radius 2 is 1.76 bits per heavy atom. The lowest BCUT2D eigenvalue weighted by atomic mass is 10.1. The maximum atomic E-state index is 14.0. The molecule has 4 rings (SSSR count). The summed E-state index contributed by atoms with van der Waals surface area (Å²) in [6.45, 7) is 3.52. The number of carbonyl (C=O) groups excluding carboxylic acids is 1. The predicted octanol–water partition coefficient (Wildman–Crippen LogP) is 4.19. The van der Waals surface area contributed by atoms with E-state index in [0.717, 1.165) is 24.3 Å². The van der Waals surface area contributed by atoms with Crippen LogP contribution in [0.2, 0.25) is 0 Å². The Morgan fingerprint density at radius 3 is 2.55 bits per heavy atom. The lowest BCUT2D eigenvalue weighted by Gasteiger charge is -2.31. The number of morpholine rings is 1. The van der Waals surface area contributed by atoms with Gasteiger partial charge in [-0.1, -0.05) is 30.3 Å². The average Bonchev–Trinajstić information content (AvgIpc) is 3.24. The Balaban J connectivity index is 1.50. The van der Waals surface area contributed by atoms with Gasteiger partial charge in [0, 0.05) is 32.4 Å². The van der Waals surface area contributed by atoms with Crippen molar-refractivity contribution >= 4 is 11.6 Å². The summed E-state index contributed by atoms with van der Waals surface area (Å²) in [5.74, 6) is -0.0961. The third-order valence-corrected chi connectivity index (χ3v) is 5.05. The number of nitrogens with zero attached hydrogens (tertiary/aromatic N) is 2. The van der Waals surface area contributed by atoms with Crippen LogP contribution in [0.3, 0.4) is 0 Å². The second-order valence-electron chi connectivity index (χ2n) is 7.03. The van der Waals surface area contributed by atoms with Crippen LogP contribution in [0.4, 0.5) is 10.1 Å². The molecule has 2 aromatic carbocycles. The highest BCUT2D eigenvalue weighted by atomic mass is 19.1. The van der Waals surface area contributed by atoms with Gasteiger partial charge in [-0.25, -0.2) is 4.39 Å². The van der Waals surface area contributed by atoms with E-state index in [-0.39, 0.29) is 17.5 Å². The Labute approximate surface area is 169 Å². The van der Waals surface area contributed by atoms with Crippen LogP contribution >= 0.6 is 0 Å². The number of ether oxygens (including phenoxy) is 1. The van der Waals surface area contributed by atoms with Crippen LogP contribution in [0.5, 0.6) is 0 Å². The maximum Gasteiger partial charge on any atom is 0.289 e. The summed E-state index contributed by atoms with van der Waals surface area (Å²) in [6.07, 6.45) is 0. The number of carbonyl (C=O) groups is 1. The highest BCUT2D eigenvalue weighted by Crippen LogP contribution is 2.26. The summed E-state index contributed by atoms with van der Waals surface area (Å²) in [5.41, 5.74) is 2.51. The molecule has 0 N–H and O–H groups in total. The minimum atomic E-state index is -0.381. The first kappa shape index (κ1) is 19.2. The van der Waals surface area contributed by atoms with E-state index in [9.17, 15) is 9.18 Å². The van der Waals surface area contributed by atoms with E-state index in [1.54, 1.807) is 42.3 Å². The van der Waals surface area contributed by atoms with Gasteiger partial charge in [-0.2, -0.15) is 0 Å². The average molecular weight is 394 g/mol. The smallest absolute Gasteiger partial charge is 0.289 e. The van der Waals surface area contributed by atoms with Gasteiger partial charge in [0.25, 0.3) is 5.91 Å². The van der Waals surface area contributed by atoms with Crippen LogP contribution in [-0.2, 0) is 11.3 Å². The van der Waals surface area contributed by atoms with Crippen molar-refractivity contribution < 1.29 is 18.3 Å². The van der Waals surface area contributed by atoms with Crippen molar-refractivity contribution in [3.63, 3.8) is 0 Å². The van der Waals surface area contributed by atoms with Crippen molar-refractivity contribution in [2.75, 3.05) is 38.3 Å². The van der Waals surface area contributed by atoms with Crippen LogP contribution in [0.1, 0.15) is 16.1 Å². The normalized spacial score (nSPS) is 14.1. The molecule has 1 aliphatic rings. The number of hydrogen-bond acceptors (Lipinski definition) is 4. The van der Waals surface area contributed by atoms with E-state index in [0.29, 0.717) is 31.1 Å². The number of rotatable bonds is 5. The molecule has 2 heterocycles. The van der Waals surface area contributed by atoms with Gasteiger partial charge >= 0.3 is 0 Å². The second kappa shape index (κ2) is 8.49. The molecule has 1 aromatic heterocycles. The summed E-state index contributed by atoms with van der Waals surface area (Å²) in [5, 5.41) is 0. The first-order chi connectivity index (χ1) is 14.1. The Bertz CT molecular complexity index is 995. The minimum absolute atomic E-state index is 0.189. The molecule has 5 nitrogen and oxygen atoms in total. The van der Waals surface area contributed by atoms with Crippen molar-refractivity contribution in [1.29, 1.82) is 0 Å². The largest absolute Gasteiger partial charge is 0.451 e. The van der Waals surface area contributed by atoms with E-state index in [4.69, 9.17) is 9.15 Å². The van der Waals surface area contributed by atoms with Crippen molar-refractivity contribution in [3.8, 4) is 11.3 Å². The molecule has 1 aliphatic heterocycles. The second-order valence-corrected chi connectivity index (χ2v) is 7.03. The third-order valence-electron chi connectivity index (χ3n) is 5.05. The number of furan rings is 1. The summed E-state index contributed by atoms with van der Waals surface area (Å²) in [6, 6.07) is 17.6. The molecule has 150 valence electrons. The third kappa shape index (κ3) is 4.17. The topological polar surface area (TPSA) is 45.9 Å². The monoisotopic (exact) mass is 394 g/mol. The fraction of sp³-hybridized carbons (Fsp3) is 0.261. The number of benzene rings is 2. The number of para-hydroxylation sites is 1. The summed E-state index contributed by atoms with van der Waals surface area (Å²) in [7, 11) is 1.74. The number of halogens is 1. The van der Waals surface area contributed by atoms with Gasteiger partial charge in [0.15, 0.2) is 5.76 Å². The molecular formula is C23H23FN2O3. The first-order valence-electron chi connectivity index (χ1n) is 9.64. The molecule has 0 bridgehead atoms. The lowest BCUT2D eigenvalue weighted by Crippen LogP contribution is -2.37. The van der Waals surface area contributed by atoms with Gasteiger partial charge in [0.1, 0.15) is 11.6 Å². The molecular weight excluding hydrogens is 371 g/mol. The molecule has 0 atom stereocenters. The van der Waals surface area contributed by atoms with Crippen LogP contribution in [0, 0.1) is 5.82 Å². The predicted molar refractivity (Wildman–Crippen MR) is 109 cm³/mol.